The Morgan fingerprint density at radius 1 is 1.16 bits per heavy atom. The second-order valence-corrected chi connectivity index (χ2v) is 5.23. The lowest BCUT2D eigenvalue weighted by atomic mass is 10.0. The molecule has 0 fully saturated rings. The maximum Gasteiger partial charge on any atom is 0.200 e. The maximum atomic E-state index is 13.3. The SMILES string of the molecule is CC(C)CCC(C)NCCOc1cccc(F)c1F. The molecule has 0 aromatic heterocycles. The second-order valence-electron chi connectivity index (χ2n) is 5.23. The van der Waals surface area contributed by atoms with E-state index in [2.05, 4.69) is 26.1 Å². The van der Waals surface area contributed by atoms with E-state index in [0.29, 0.717) is 25.1 Å². The third kappa shape index (κ3) is 6.01. The average Bonchev–Trinajstić information content (AvgIpc) is 2.37. The van der Waals surface area contributed by atoms with Gasteiger partial charge in [-0.1, -0.05) is 19.9 Å². The summed E-state index contributed by atoms with van der Waals surface area (Å²) in [5, 5.41) is 3.30. The summed E-state index contributed by atoms with van der Waals surface area (Å²) in [6, 6.07) is 4.35. The van der Waals surface area contributed by atoms with E-state index in [1.165, 1.54) is 18.6 Å². The Labute approximate surface area is 114 Å². The highest BCUT2D eigenvalue weighted by Crippen LogP contribution is 2.18. The second kappa shape index (κ2) is 8.10. The van der Waals surface area contributed by atoms with Crippen LogP contribution in [-0.2, 0) is 0 Å². The van der Waals surface area contributed by atoms with Crippen LogP contribution in [0.5, 0.6) is 5.75 Å². The summed E-state index contributed by atoms with van der Waals surface area (Å²) in [6.07, 6.45) is 2.28. The number of ether oxygens (including phenoxy) is 1. The van der Waals surface area contributed by atoms with Gasteiger partial charge in [0.25, 0.3) is 0 Å². The molecule has 0 amide bonds. The lowest BCUT2D eigenvalue weighted by Gasteiger charge is -2.15. The molecule has 1 aromatic rings. The summed E-state index contributed by atoms with van der Waals surface area (Å²) in [5.41, 5.74) is 0. The fourth-order valence-corrected chi connectivity index (χ4v) is 1.75. The summed E-state index contributed by atoms with van der Waals surface area (Å²) in [5.74, 6) is -1.13. The third-order valence-corrected chi connectivity index (χ3v) is 2.95. The van der Waals surface area contributed by atoms with Crippen LogP contribution < -0.4 is 10.1 Å². The zero-order valence-electron chi connectivity index (χ0n) is 11.9. The Morgan fingerprint density at radius 2 is 1.89 bits per heavy atom. The number of halogens is 2. The maximum absolute atomic E-state index is 13.3. The highest BCUT2D eigenvalue weighted by molar-refractivity contribution is 5.24. The first-order valence-electron chi connectivity index (χ1n) is 6.81. The normalized spacial score (nSPS) is 12.7. The van der Waals surface area contributed by atoms with E-state index in [-0.39, 0.29) is 5.75 Å². The van der Waals surface area contributed by atoms with Gasteiger partial charge in [0, 0.05) is 12.6 Å². The van der Waals surface area contributed by atoms with Crippen molar-refractivity contribution in [2.24, 2.45) is 5.92 Å². The molecule has 0 aliphatic carbocycles. The fourth-order valence-electron chi connectivity index (χ4n) is 1.75. The number of rotatable bonds is 8. The van der Waals surface area contributed by atoms with Crippen molar-refractivity contribution >= 4 is 0 Å². The molecule has 1 N–H and O–H groups in total. The summed E-state index contributed by atoms with van der Waals surface area (Å²) in [4.78, 5) is 0. The lowest BCUT2D eigenvalue weighted by Crippen LogP contribution is -2.30. The molecule has 4 heteroatoms. The molecule has 2 nitrogen and oxygen atoms in total. The predicted molar refractivity (Wildman–Crippen MR) is 73.4 cm³/mol. The summed E-state index contributed by atoms with van der Waals surface area (Å²) < 4.78 is 31.4. The smallest absolute Gasteiger partial charge is 0.200 e. The van der Waals surface area contributed by atoms with Gasteiger partial charge in [-0.25, -0.2) is 4.39 Å². The quantitative estimate of drug-likeness (QED) is 0.727. The van der Waals surface area contributed by atoms with Crippen LogP contribution in [0.25, 0.3) is 0 Å². The predicted octanol–water partition coefficient (Wildman–Crippen LogP) is 3.76. The van der Waals surface area contributed by atoms with Crippen LogP contribution in [0.15, 0.2) is 18.2 Å². The molecule has 1 unspecified atom stereocenters. The van der Waals surface area contributed by atoms with E-state index in [1.807, 2.05) is 0 Å². The summed E-state index contributed by atoms with van der Waals surface area (Å²) in [6.45, 7) is 7.46. The van der Waals surface area contributed by atoms with Gasteiger partial charge in [-0.3, -0.25) is 0 Å². The van der Waals surface area contributed by atoms with Crippen molar-refractivity contribution < 1.29 is 13.5 Å². The molecular weight excluding hydrogens is 248 g/mol. The van der Waals surface area contributed by atoms with Gasteiger partial charge in [0.15, 0.2) is 11.6 Å². The Hall–Kier alpha value is -1.16. The first kappa shape index (κ1) is 15.9. The van der Waals surface area contributed by atoms with Crippen molar-refractivity contribution in [3.05, 3.63) is 29.8 Å². The Bertz CT molecular complexity index is 382. The summed E-state index contributed by atoms with van der Waals surface area (Å²) in [7, 11) is 0. The number of nitrogens with one attached hydrogen (secondary N) is 1. The largest absolute Gasteiger partial charge is 0.489 e. The zero-order chi connectivity index (χ0) is 14.3. The fraction of sp³-hybridized carbons (Fsp3) is 0.600. The van der Waals surface area contributed by atoms with Crippen molar-refractivity contribution in [1.82, 2.24) is 5.32 Å². The van der Waals surface area contributed by atoms with Crippen LogP contribution >= 0.6 is 0 Å². The molecule has 0 radical (unpaired) electrons. The van der Waals surface area contributed by atoms with Crippen LogP contribution in [0.4, 0.5) is 8.78 Å². The highest BCUT2D eigenvalue weighted by Gasteiger charge is 2.08. The Kier molecular flexibility index (Phi) is 6.78. The molecular formula is C15H23F2NO. The van der Waals surface area contributed by atoms with E-state index in [0.717, 1.165) is 12.5 Å². The molecule has 0 aliphatic heterocycles. The van der Waals surface area contributed by atoms with Crippen LogP contribution in [-0.4, -0.2) is 19.2 Å². The Morgan fingerprint density at radius 3 is 2.58 bits per heavy atom. The van der Waals surface area contributed by atoms with Gasteiger partial charge in [0.2, 0.25) is 5.82 Å². The minimum Gasteiger partial charge on any atom is -0.489 e. The van der Waals surface area contributed by atoms with Gasteiger partial charge in [-0.15, -0.1) is 0 Å². The molecule has 0 spiro atoms. The van der Waals surface area contributed by atoms with Gasteiger partial charge < -0.3 is 10.1 Å². The van der Waals surface area contributed by atoms with E-state index < -0.39 is 11.6 Å². The van der Waals surface area contributed by atoms with Crippen molar-refractivity contribution in [1.29, 1.82) is 0 Å². The standard InChI is InChI=1S/C15H23F2NO/c1-11(2)7-8-12(3)18-9-10-19-14-6-4-5-13(16)15(14)17/h4-6,11-12,18H,7-10H2,1-3H3. The van der Waals surface area contributed by atoms with Crippen LogP contribution in [0.2, 0.25) is 0 Å². The van der Waals surface area contributed by atoms with Crippen LogP contribution in [0.3, 0.4) is 0 Å². The molecule has 0 saturated carbocycles. The lowest BCUT2D eigenvalue weighted by molar-refractivity contribution is 0.285. The molecule has 1 rings (SSSR count). The zero-order valence-corrected chi connectivity index (χ0v) is 11.9. The van der Waals surface area contributed by atoms with E-state index >= 15 is 0 Å². The van der Waals surface area contributed by atoms with Crippen LogP contribution in [0, 0.1) is 17.6 Å². The first-order valence-corrected chi connectivity index (χ1v) is 6.81. The van der Waals surface area contributed by atoms with E-state index in [1.54, 1.807) is 0 Å². The van der Waals surface area contributed by atoms with Crippen molar-refractivity contribution in [2.75, 3.05) is 13.2 Å². The van der Waals surface area contributed by atoms with Crippen molar-refractivity contribution in [3.8, 4) is 5.75 Å². The van der Waals surface area contributed by atoms with E-state index in [9.17, 15) is 8.78 Å². The molecule has 19 heavy (non-hydrogen) atoms. The van der Waals surface area contributed by atoms with Crippen LogP contribution in [0.1, 0.15) is 33.6 Å². The minimum absolute atomic E-state index is 0.0309. The monoisotopic (exact) mass is 271 g/mol. The molecule has 1 atom stereocenters. The van der Waals surface area contributed by atoms with Gasteiger partial charge in [0.1, 0.15) is 6.61 Å². The molecule has 0 aliphatic rings. The van der Waals surface area contributed by atoms with Gasteiger partial charge in [-0.05, 0) is 37.8 Å². The van der Waals surface area contributed by atoms with Gasteiger partial charge in [0.05, 0.1) is 0 Å². The number of hydrogen-bond acceptors (Lipinski definition) is 2. The topological polar surface area (TPSA) is 21.3 Å². The molecule has 108 valence electrons. The molecule has 0 heterocycles. The Balaban J connectivity index is 2.22. The minimum atomic E-state index is -0.921. The average molecular weight is 271 g/mol. The van der Waals surface area contributed by atoms with Gasteiger partial charge >= 0.3 is 0 Å². The molecule has 0 saturated heterocycles. The highest BCUT2D eigenvalue weighted by atomic mass is 19.2. The number of benzene rings is 1. The molecule has 1 aromatic carbocycles. The third-order valence-electron chi connectivity index (χ3n) is 2.95. The summed E-state index contributed by atoms with van der Waals surface area (Å²) >= 11 is 0. The number of hydrogen-bond donors (Lipinski definition) is 1. The van der Waals surface area contributed by atoms with E-state index in [4.69, 9.17) is 4.74 Å². The van der Waals surface area contributed by atoms with Crippen molar-refractivity contribution in [2.45, 2.75) is 39.7 Å². The first-order chi connectivity index (χ1) is 9.00. The van der Waals surface area contributed by atoms with Crippen molar-refractivity contribution in [3.63, 3.8) is 0 Å². The molecule has 0 bridgehead atoms. The van der Waals surface area contributed by atoms with Gasteiger partial charge in [-0.2, -0.15) is 4.39 Å².